The molecular weight excluding hydrogens is 456 g/mol. The summed E-state index contributed by atoms with van der Waals surface area (Å²) in [5, 5.41) is 5.94. The molecule has 0 bridgehead atoms. The molecule has 1 unspecified atom stereocenters. The van der Waals surface area contributed by atoms with E-state index in [4.69, 9.17) is 9.15 Å². The summed E-state index contributed by atoms with van der Waals surface area (Å²) in [6.07, 6.45) is 4.14. The number of nitrogens with one attached hydrogen (secondary N) is 2. The Hall–Kier alpha value is -3.65. The molecule has 1 aromatic heterocycles. The number of oxazole rings is 1. The number of piperidine rings is 1. The molecule has 0 spiro atoms. The predicted octanol–water partition coefficient (Wildman–Crippen LogP) is 4.33. The first-order valence-electron chi connectivity index (χ1n) is 12.4. The topological polar surface area (TPSA) is 96.7 Å². The molecule has 1 aliphatic heterocycles. The summed E-state index contributed by atoms with van der Waals surface area (Å²) in [6, 6.07) is 15.0. The van der Waals surface area contributed by atoms with E-state index in [0.717, 1.165) is 42.7 Å². The van der Waals surface area contributed by atoms with Crippen LogP contribution in [0.2, 0.25) is 0 Å². The standard InChI is InChI=1S/C28H34N4O4/c1-19-24(18-29-27(34)25-6-4-5-17-32(25)2)31-28(36-19)21-10-12-22(13-11-21)30-26(33)16-9-20-7-14-23(35-3)15-8-20/h7-8,10-15,25H,4-6,9,16-18H2,1-3H3,(H,29,34)(H,30,33). The average molecular weight is 491 g/mol. The van der Waals surface area contributed by atoms with Crippen LogP contribution in [0.1, 0.15) is 42.7 Å². The van der Waals surface area contributed by atoms with Crippen molar-refractivity contribution in [1.82, 2.24) is 15.2 Å². The molecule has 2 N–H and O–H groups in total. The van der Waals surface area contributed by atoms with Crippen molar-refractivity contribution in [2.75, 3.05) is 26.0 Å². The van der Waals surface area contributed by atoms with Gasteiger partial charge >= 0.3 is 0 Å². The van der Waals surface area contributed by atoms with E-state index in [1.54, 1.807) is 7.11 Å². The molecule has 3 aromatic rings. The largest absolute Gasteiger partial charge is 0.497 e. The quantitative estimate of drug-likeness (QED) is 0.463. The highest BCUT2D eigenvalue weighted by molar-refractivity contribution is 5.91. The number of carbonyl (C=O) groups is 2. The van der Waals surface area contributed by atoms with Crippen LogP contribution in [0.4, 0.5) is 5.69 Å². The van der Waals surface area contributed by atoms with Gasteiger partial charge in [-0.05, 0) is 81.7 Å². The number of likely N-dealkylation sites (N-methyl/N-ethyl adjacent to an activating group) is 1. The van der Waals surface area contributed by atoms with Gasteiger partial charge in [-0.1, -0.05) is 18.6 Å². The Morgan fingerprint density at radius 2 is 1.86 bits per heavy atom. The molecule has 1 aliphatic rings. The molecule has 8 heteroatoms. The van der Waals surface area contributed by atoms with Crippen molar-refractivity contribution in [3.05, 3.63) is 65.5 Å². The third-order valence-corrected chi connectivity index (χ3v) is 6.61. The first kappa shape index (κ1) is 25.4. The molecular formula is C28H34N4O4. The number of likely N-dealkylation sites (tertiary alicyclic amines) is 1. The highest BCUT2D eigenvalue weighted by Crippen LogP contribution is 2.24. The number of rotatable bonds is 9. The highest BCUT2D eigenvalue weighted by atomic mass is 16.5. The lowest BCUT2D eigenvalue weighted by Gasteiger charge is -2.31. The van der Waals surface area contributed by atoms with Crippen molar-refractivity contribution < 1.29 is 18.7 Å². The summed E-state index contributed by atoms with van der Waals surface area (Å²) in [7, 11) is 3.63. The number of aryl methyl sites for hydroxylation is 2. The maximum atomic E-state index is 12.6. The molecule has 1 fully saturated rings. The monoisotopic (exact) mass is 490 g/mol. The number of hydrogen-bond acceptors (Lipinski definition) is 6. The molecule has 190 valence electrons. The van der Waals surface area contributed by atoms with Crippen molar-refractivity contribution in [3.63, 3.8) is 0 Å². The van der Waals surface area contributed by atoms with Crippen LogP contribution in [0, 0.1) is 6.92 Å². The molecule has 1 atom stereocenters. The van der Waals surface area contributed by atoms with Crippen molar-refractivity contribution in [1.29, 1.82) is 0 Å². The Labute approximate surface area is 212 Å². The van der Waals surface area contributed by atoms with Gasteiger partial charge in [0.25, 0.3) is 0 Å². The van der Waals surface area contributed by atoms with Crippen LogP contribution in [0.5, 0.6) is 5.75 Å². The molecule has 0 saturated carbocycles. The lowest BCUT2D eigenvalue weighted by molar-refractivity contribution is -0.127. The van der Waals surface area contributed by atoms with E-state index >= 15 is 0 Å². The molecule has 2 aromatic carbocycles. The summed E-state index contributed by atoms with van der Waals surface area (Å²) in [6.45, 7) is 3.13. The number of nitrogens with zero attached hydrogens (tertiary/aromatic N) is 2. The van der Waals surface area contributed by atoms with E-state index in [2.05, 4.69) is 20.5 Å². The number of hydrogen-bond donors (Lipinski definition) is 2. The van der Waals surface area contributed by atoms with Crippen molar-refractivity contribution in [2.45, 2.75) is 51.6 Å². The lowest BCUT2D eigenvalue weighted by atomic mass is 10.0. The van der Waals surface area contributed by atoms with E-state index in [-0.39, 0.29) is 17.9 Å². The number of amides is 2. The van der Waals surface area contributed by atoms with Crippen LogP contribution < -0.4 is 15.4 Å². The van der Waals surface area contributed by atoms with Gasteiger partial charge in [0.2, 0.25) is 17.7 Å². The van der Waals surface area contributed by atoms with Gasteiger partial charge in [0.1, 0.15) is 17.2 Å². The Morgan fingerprint density at radius 3 is 2.56 bits per heavy atom. The average Bonchev–Trinajstić information content (AvgIpc) is 3.27. The first-order valence-corrected chi connectivity index (χ1v) is 12.4. The summed E-state index contributed by atoms with van der Waals surface area (Å²) in [5.74, 6) is 1.95. The second-order valence-electron chi connectivity index (χ2n) is 9.21. The Morgan fingerprint density at radius 1 is 1.11 bits per heavy atom. The number of ether oxygens (including phenoxy) is 1. The highest BCUT2D eigenvalue weighted by Gasteiger charge is 2.26. The van der Waals surface area contributed by atoms with E-state index in [1.807, 2.05) is 62.5 Å². The van der Waals surface area contributed by atoms with Crippen molar-refractivity contribution in [3.8, 4) is 17.2 Å². The second kappa shape index (κ2) is 11.9. The Balaban J connectivity index is 1.29. The van der Waals surface area contributed by atoms with Crippen LogP contribution in [0.3, 0.4) is 0 Å². The van der Waals surface area contributed by atoms with Gasteiger partial charge in [0, 0.05) is 17.7 Å². The molecule has 2 amide bonds. The third kappa shape index (κ3) is 6.51. The van der Waals surface area contributed by atoms with Gasteiger partial charge in [-0.3, -0.25) is 14.5 Å². The number of carbonyl (C=O) groups excluding carboxylic acids is 2. The number of anilines is 1. The molecule has 8 nitrogen and oxygen atoms in total. The van der Waals surface area contributed by atoms with Crippen molar-refractivity contribution >= 4 is 17.5 Å². The van der Waals surface area contributed by atoms with Gasteiger partial charge in [0.05, 0.1) is 19.7 Å². The maximum Gasteiger partial charge on any atom is 0.237 e. The van der Waals surface area contributed by atoms with E-state index < -0.39 is 0 Å². The van der Waals surface area contributed by atoms with Crippen LogP contribution in [-0.2, 0) is 22.6 Å². The summed E-state index contributed by atoms with van der Waals surface area (Å²) >= 11 is 0. The molecule has 4 rings (SSSR count). The zero-order valence-electron chi connectivity index (χ0n) is 21.2. The number of aromatic nitrogens is 1. The molecule has 1 saturated heterocycles. The fourth-order valence-electron chi connectivity index (χ4n) is 4.38. The van der Waals surface area contributed by atoms with Crippen LogP contribution in [0.25, 0.3) is 11.5 Å². The van der Waals surface area contributed by atoms with E-state index in [1.165, 1.54) is 0 Å². The molecule has 36 heavy (non-hydrogen) atoms. The fourth-order valence-corrected chi connectivity index (χ4v) is 4.38. The minimum absolute atomic E-state index is 0.0354. The molecule has 0 aliphatic carbocycles. The first-order chi connectivity index (χ1) is 17.4. The fraction of sp³-hybridized carbons (Fsp3) is 0.393. The molecule has 2 heterocycles. The SMILES string of the molecule is COc1ccc(CCC(=O)Nc2ccc(-c3nc(CNC(=O)C4CCCCN4C)c(C)o3)cc2)cc1. The summed E-state index contributed by atoms with van der Waals surface area (Å²) in [5.41, 5.74) is 3.32. The van der Waals surface area contributed by atoms with Crippen LogP contribution >= 0.6 is 0 Å². The minimum atomic E-state index is -0.0793. The van der Waals surface area contributed by atoms with Gasteiger partial charge in [-0.25, -0.2) is 4.98 Å². The van der Waals surface area contributed by atoms with Gasteiger partial charge < -0.3 is 19.8 Å². The summed E-state index contributed by atoms with van der Waals surface area (Å²) < 4.78 is 11.0. The third-order valence-electron chi connectivity index (χ3n) is 6.61. The van der Waals surface area contributed by atoms with Crippen LogP contribution in [0.15, 0.2) is 52.9 Å². The predicted molar refractivity (Wildman–Crippen MR) is 139 cm³/mol. The van der Waals surface area contributed by atoms with Gasteiger partial charge in [0.15, 0.2) is 0 Å². The van der Waals surface area contributed by atoms with E-state index in [0.29, 0.717) is 42.4 Å². The Bertz CT molecular complexity index is 1170. The lowest BCUT2D eigenvalue weighted by Crippen LogP contribution is -2.47. The second-order valence-corrected chi connectivity index (χ2v) is 9.21. The zero-order chi connectivity index (χ0) is 25.5. The zero-order valence-corrected chi connectivity index (χ0v) is 21.2. The minimum Gasteiger partial charge on any atom is -0.497 e. The number of benzene rings is 2. The number of methoxy groups -OCH3 is 1. The smallest absolute Gasteiger partial charge is 0.237 e. The van der Waals surface area contributed by atoms with Crippen molar-refractivity contribution in [2.24, 2.45) is 0 Å². The normalized spacial score (nSPS) is 15.9. The van der Waals surface area contributed by atoms with E-state index in [9.17, 15) is 9.59 Å². The summed E-state index contributed by atoms with van der Waals surface area (Å²) in [4.78, 5) is 31.7. The van der Waals surface area contributed by atoms with Gasteiger partial charge in [-0.2, -0.15) is 0 Å². The maximum absolute atomic E-state index is 12.6. The molecule has 0 radical (unpaired) electrons. The van der Waals surface area contributed by atoms with Crippen LogP contribution in [-0.4, -0.2) is 48.4 Å². The van der Waals surface area contributed by atoms with Gasteiger partial charge in [-0.15, -0.1) is 0 Å². The Kier molecular flexibility index (Phi) is 8.38.